The zero-order valence-corrected chi connectivity index (χ0v) is 15.3. The second kappa shape index (κ2) is 9.07. The van der Waals surface area contributed by atoms with Crippen LogP contribution in [0.25, 0.3) is 6.08 Å². The lowest BCUT2D eigenvalue weighted by Crippen LogP contribution is -2.26. The molecule has 1 unspecified atom stereocenters. The second-order valence-electron chi connectivity index (χ2n) is 7.22. The minimum absolute atomic E-state index is 0.127. The first kappa shape index (κ1) is 18.0. The predicted octanol–water partition coefficient (Wildman–Crippen LogP) is 5.32. The molecule has 0 radical (unpaired) electrons. The van der Waals surface area contributed by atoms with E-state index >= 15 is 0 Å². The summed E-state index contributed by atoms with van der Waals surface area (Å²) in [6, 6.07) is 6.32. The van der Waals surface area contributed by atoms with Gasteiger partial charge in [-0.1, -0.05) is 43.9 Å². The number of rotatable bonds is 5. The van der Waals surface area contributed by atoms with E-state index in [2.05, 4.69) is 30.4 Å². The molecule has 1 aliphatic heterocycles. The number of hydrogen-bond donors (Lipinski definition) is 0. The first-order chi connectivity index (χ1) is 12.3. The summed E-state index contributed by atoms with van der Waals surface area (Å²) in [6.07, 6.45) is 14.9. The van der Waals surface area contributed by atoms with Gasteiger partial charge in [0.1, 0.15) is 11.9 Å². The highest BCUT2D eigenvalue weighted by Crippen LogP contribution is 2.34. The fourth-order valence-corrected chi connectivity index (χ4v) is 3.98. The van der Waals surface area contributed by atoms with Gasteiger partial charge in [-0.25, -0.2) is 0 Å². The maximum absolute atomic E-state index is 11.5. The highest BCUT2D eigenvalue weighted by molar-refractivity contribution is 5.70. The number of aryl methyl sites for hydroxylation is 1. The summed E-state index contributed by atoms with van der Waals surface area (Å²) in [6.45, 7) is 2.29. The predicted molar refractivity (Wildman–Crippen MR) is 101 cm³/mol. The molecule has 3 heteroatoms. The fraction of sp³-hybridized carbons (Fsp3) is 0.591. The molecule has 25 heavy (non-hydrogen) atoms. The zero-order valence-electron chi connectivity index (χ0n) is 15.3. The van der Waals surface area contributed by atoms with E-state index in [-0.39, 0.29) is 5.97 Å². The first-order valence-electron chi connectivity index (χ1n) is 9.88. The number of fused-ring (bicyclic) bond motifs is 1. The molecule has 1 atom stereocenters. The molecular formula is C22H30O3. The maximum atomic E-state index is 11.5. The van der Waals surface area contributed by atoms with Gasteiger partial charge in [0.05, 0.1) is 6.61 Å². The number of ether oxygens (including phenoxy) is 2. The van der Waals surface area contributed by atoms with Crippen LogP contribution in [-0.4, -0.2) is 18.7 Å². The molecule has 1 aromatic rings. The van der Waals surface area contributed by atoms with Crippen LogP contribution in [-0.2, 0) is 16.0 Å². The van der Waals surface area contributed by atoms with E-state index < -0.39 is 0 Å². The van der Waals surface area contributed by atoms with E-state index in [1.807, 2.05) is 6.92 Å². The molecule has 2 aliphatic rings. The minimum atomic E-state index is -0.127. The van der Waals surface area contributed by atoms with Crippen LogP contribution in [0.4, 0.5) is 0 Å². The van der Waals surface area contributed by atoms with Crippen molar-refractivity contribution in [2.24, 2.45) is 5.92 Å². The van der Waals surface area contributed by atoms with Gasteiger partial charge in [-0.05, 0) is 49.8 Å². The molecular weight excluding hydrogens is 312 g/mol. The number of carbonyl (C=O) groups excluding carboxylic acids is 1. The van der Waals surface area contributed by atoms with Crippen molar-refractivity contribution in [3.63, 3.8) is 0 Å². The Bertz CT molecular complexity index is 597. The highest BCUT2D eigenvalue weighted by Gasteiger charge is 2.25. The summed E-state index contributed by atoms with van der Waals surface area (Å²) in [5.74, 6) is 1.54. The van der Waals surface area contributed by atoms with Gasteiger partial charge in [-0.2, -0.15) is 0 Å². The lowest BCUT2D eigenvalue weighted by molar-refractivity contribution is -0.143. The van der Waals surface area contributed by atoms with Gasteiger partial charge in [0.25, 0.3) is 0 Å². The molecule has 0 N–H and O–H groups in total. The Hall–Kier alpha value is -1.77. The van der Waals surface area contributed by atoms with Crippen molar-refractivity contribution >= 4 is 12.0 Å². The van der Waals surface area contributed by atoms with Crippen LogP contribution in [0.3, 0.4) is 0 Å². The largest absolute Gasteiger partial charge is 0.489 e. The monoisotopic (exact) mass is 342 g/mol. The Morgan fingerprint density at radius 3 is 2.76 bits per heavy atom. The van der Waals surface area contributed by atoms with Crippen molar-refractivity contribution in [1.82, 2.24) is 0 Å². The van der Waals surface area contributed by atoms with E-state index in [1.54, 1.807) is 0 Å². The molecule has 3 rings (SSSR count). The normalized spacial score (nSPS) is 20.9. The van der Waals surface area contributed by atoms with Crippen molar-refractivity contribution in [2.45, 2.75) is 70.8 Å². The van der Waals surface area contributed by atoms with Crippen LogP contribution in [0.15, 0.2) is 24.3 Å². The van der Waals surface area contributed by atoms with Crippen molar-refractivity contribution < 1.29 is 14.3 Å². The summed E-state index contributed by atoms with van der Waals surface area (Å²) >= 11 is 0. The smallest absolute Gasteiger partial charge is 0.306 e. The van der Waals surface area contributed by atoms with Gasteiger partial charge < -0.3 is 9.47 Å². The van der Waals surface area contributed by atoms with E-state index in [4.69, 9.17) is 9.47 Å². The lowest BCUT2D eigenvalue weighted by atomic mass is 9.92. The van der Waals surface area contributed by atoms with Crippen LogP contribution in [0.5, 0.6) is 5.75 Å². The number of hydrogen-bond acceptors (Lipinski definition) is 3. The van der Waals surface area contributed by atoms with E-state index in [9.17, 15) is 4.79 Å². The van der Waals surface area contributed by atoms with Crippen LogP contribution in [0, 0.1) is 5.92 Å². The van der Waals surface area contributed by atoms with Crippen molar-refractivity contribution in [2.75, 3.05) is 6.61 Å². The van der Waals surface area contributed by atoms with Crippen LogP contribution >= 0.6 is 0 Å². The van der Waals surface area contributed by atoms with E-state index in [1.165, 1.54) is 38.5 Å². The Morgan fingerprint density at radius 1 is 1.20 bits per heavy atom. The Labute approximate surface area is 151 Å². The van der Waals surface area contributed by atoms with Gasteiger partial charge in [0.2, 0.25) is 0 Å². The molecule has 1 aliphatic carbocycles. The zero-order chi connectivity index (χ0) is 17.5. The molecule has 1 saturated carbocycles. The minimum Gasteiger partial charge on any atom is -0.489 e. The molecule has 0 amide bonds. The first-order valence-corrected chi connectivity index (χ1v) is 9.88. The molecule has 1 fully saturated rings. The topological polar surface area (TPSA) is 35.5 Å². The van der Waals surface area contributed by atoms with Crippen molar-refractivity contribution in [1.29, 1.82) is 0 Å². The molecule has 3 nitrogen and oxygen atoms in total. The van der Waals surface area contributed by atoms with E-state index in [0.717, 1.165) is 23.3 Å². The highest BCUT2D eigenvalue weighted by atomic mass is 16.5. The Morgan fingerprint density at radius 2 is 2.00 bits per heavy atom. The molecule has 136 valence electrons. The van der Waals surface area contributed by atoms with Gasteiger partial charge in [0, 0.05) is 18.4 Å². The summed E-state index contributed by atoms with van der Waals surface area (Å²) < 4.78 is 11.4. The molecule has 0 spiro atoms. The van der Waals surface area contributed by atoms with E-state index in [0.29, 0.717) is 31.5 Å². The van der Waals surface area contributed by atoms with Gasteiger partial charge in [-0.3, -0.25) is 4.79 Å². The Kier molecular flexibility index (Phi) is 6.55. The third kappa shape index (κ3) is 5.10. The molecule has 0 saturated heterocycles. The molecule has 0 aromatic heterocycles. The van der Waals surface area contributed by atoms with Gasteiger partial charge in [0.15, 0.2) is 0 Å². The fourth-order valence-electron chi connectivity index (χ4n) is 3.98. The van der Waals surface area contributed by atoms with Crippen LogP contribution in [0.1, 0.15) is 69.4 Å². The third-order valence-corrected chi connectivity index (χ3v) is 5.37. The van der Waals surface area contributed by atoms with Crippen LogP contribution < -0.4 is 4.74 Å². The van der Waals surface area contributed by atoms with Crippen LogP contribution in [0.2, 0.25) is 0 Å². The number of carbonyl (C=O) groups is 1. The average Bonchev–Trinajstić information content (AvgIpc) is 3.00. The second-order valence-corrected chi connectivity index (χ2v) is 7.22. The standard InChI is InChI=1S/C22H30O3/c1-2-24-22(23)15-13-17-12-14-21-19(16-17)10-7-11-20(25-21)18-8-5-3-4-6-9-18/h7,10,12,14,16,18,20H,2-6,8-9,11,13,15H2,1H3. The van der Waals surface area contributed by atoms with Gasteiger partial charge >= 0.3 is 5.97 Å². The summed E-state index contributed by atoms with van der Waals surface area (Å²) in [5, 5.41) is 0. The number of esters is 1. The average molecular weight is 342 g/mol. The molecule has 0 bridgehead atoms. The molecule has 1 aromatic carbocycles. The lowest BCUT2D eigenvalue weighted by Gasteiger charge is -2.26. The van der Waals surface area contributed by atoms with Crippen molar-refractivity contribution in [3.8, 4) is 5.75 Å². The third-order valence-electron chi connectivity index (χ3n) is 5.37. The van der Waals surface area contributed by atoms with Crippen molar-refractivity contribution in [3.05, 3.63) is 35.4 Å². The summed E-state index contributed by atoms with van der Waals surface area (Å²) in [4.78, 5) is 11.5. The number of benzene rings is 1. The molecule has 1 heterocycles. The quantitative estimate of drug-likeness (QED) is 0.537. The summed E-state index contributed by atoms with van der Waals surface area (Å²) in [7, 11) is 0. The SMILES string of the molecule is CCOC(=O)CCc1ccc2c(c1)C=CCC(C1CCCCCC1)O2. The van der Waals surface area contributed by atoms with Gasteiger partial charge in [-0.15, -0.1) is 0 Å². The maximum Gasteiger partial charge on any atom is 0.306 e. The Balaban J connectivity index is 1.65. The summed E-state index contributed by atoms with van der Waals surface area (Å²) in [5.41, 5.74) is 2.30.